The zero-order valence-corrected chi connectivity index (χ0v) is 12.3. The third kappa shape index (κ3) is 3.85. The topological polar surface area (TPSA) is 52.5 Å². The van der Waals surface area contributed by atoms with Crippen LogP contribution in [0.3, 0.4) is 0 Å². The number of hydrogen-bond donors (Lipinski definition) is 3. The summed E-state index contributed by atoms with van der Waals surface area (Å²) in [6, 6.07) is 3.76. The van der Waals surface area contributed by atoms with E-state index in [0.717, 1.165) is 15.7 Å². The second-order valence-corrected chi connectivity index (χ2v) is 5.82. The van der Waals surface area contributed by atoms with Gasteiger partial charge in [-0.1, -0.05) is 18.5 Å². The molecule has 0 aromatic heterocycles. The maximum atomic E-state index is 9.19. The molecule has 0 radical (unpaired) electrons. The number of aliphatic hydroxyl groups excluding tert-OH is 2. The Morgan fingerprint density at radius 1 is 1.35 bits per heavy atom. The quantitative estimate of drug-likeness (QED) is 0.781. The van der Waals surface area contributed by atoms with Crippen LogP contribution >= 0.6 is 27.5 Å². The van der Waals surface area contributed by atoms with E-state index in [9.17, 15) is 10.2 Å². The maximum Gasteiger partial charge on any atom is 0.0523 e. The molecule has 0 saturated carbocycles. The molecule has 3 N–H and O–H groups in total. The zero-order chi connectivity index (χ0) is 13.1. The molecule has 1 aromatic carbocycles. The van der Waals surface area contributed by atoms with Crippen molar-refractivity contribution in [2.75, 3.05) is 25.1 Å². The lowest BCUT2D eigenvalue weighted by Crippen LogP contribution is -2.34. The van der Waals surface area contributed by atoms with Crippen LogP contribution in [0.5, 0.6) is 0 Å². The van der Waals surface area contributed by atoms with Crippen LogP contribution in [0.1, 0.15) is 12.5 Å². The summed E-state index contributed by atoms with van der Waals surface area (Å²) in [6.45, 7) is 4.06. The summed E-state index contributed by atoms with van der Waals surface area (Å²) in [5.41, 5.74) is 1.31. The summed E-state index contributed by atoms with van der Waals surface area (Å²) in [4.78, 5) is 0. The van der Waals surface area contributed by atoms with Crippen molar-refractivity contribution in [3.63, 3.8) is 0 Å². The standard InChI is InChI=1S/C12H17BrClNO2/c1-8-3-9(13)11(4-10(8)14)15-5-12(2,6-16)7-17/h3-4,15-17H,5-7H2,1-2H3. The van der Waals surface area contributed by atoms with Crippen LogP contribution in [0.2, 0.25) is 5.02 Å². The van der Waals surface area contributed by atoms with Gasteiger partial charge in [0.05, 0.1) is 13.2 Å². The second-order valence-electron chi connectivity index (χ2n) is 4.56. The van der Waals surface area contributed by atoms with Gasteiger partial charge in [0.15, 0.2) is 0 Å². The van der Waals surface area contributed by atoms with E-state index in [4.69, 9.17) is 11.6 Å². The molecule has 3 nitrogen and oxygen atoms in total. The van der Waals surface area contributed by atoms with Crippen LogP contribution in [-0.2, 0) is 0 Å². The van der Waals surface area contributed by atoms with Crippen LogP contribution in [0.15, 0.2) is 16.6 Å². The molecular weight excluding hydrogens is 305 g/mol. The van der Waals surface area contributed by atoms with Crippen molar-refractivity contribution in [1.82, 2.24) is 0 Å². The average Bonchev–Trinajstić information content (AvgIpc) is 2.32. The van der Waals surface area contributed by atoms with E-state index in [2.05, 4.69) is 21.2 Å². The third-order valence-electron chi connectivity index (χ3n) is 2.72. The first-order valence-corrected chi connectivity index (χ1v) is 6.50. The highest BCUT2D eigenvalue weighted by atomic mass is 79.9. The predicted molar refractivity (Wildman–Crippen MR) is 74.7 cm³/mol. The van der Waals surface area contributed by atoms with Crippen molar-refractivity contribution in [3.05, 3.63) is 27.2 Å². The zero-order valence-electron chi connectivity index (χ0n) is 9.93. The van der Waals surface area contributed by atoms with Gasteiger partial charge in [-0.05, 0) is 40.5 Å². The van der Waals surface area contributed by atoms with E-state index in [-0.39, 0.29) is 13.2 Å². The Hall–Kier alpha value is -0.290. The SMILES string of the molecule is Cc1cc(Br)c(NCC(C)(CO)CO)cc1Cl. The molecule has 96 valence electrons. The molecule has 0 atom stereocenters. The van der Waals surface area contributed by atoms with Gasteiger partial charge in [0.25, 0.3) is 0 Å². The van der Waals surface area contributed by atoms with Gasteiger partial charge in [0.2, 0.25) is 0 Å². The first-order chi connectivity index (χ1) is 7.91. The number of hydrogen-bond acceptors (Lipinski definition) is 3. The Kier molecular flexibility index (Phi) is 5.25. The molecule has 0 aliphatic carbocycles. The van der Waals surface area contributed by atoms with E-state index >= 15 is 0 Å². The number of halogens is 2. The minimum absolute atomic E-state index is 0.0757. The third-order valence-corrected chi connectivity index (χ3v) is 3.78. The summed E-state index contributed by atoms with van der Waals surface area (Å²) < 4.78 is 0.914. The number of aryl methyl sites for hydroxylation is 1. The van der Waals surface area contributed by atoms with Crippen molar-refractivity contribution in [3.8, 4) is 0 Å². The van der Waals surface area contributed by atoms with Crippen LogP contribution in [-0.4, -0.2) is 30.0 Å². The summed E-state index contributed by atoms with van der Waals surface area (Å²) in [7, 11) is 0. The molecule has 0 bridgehead atoms. The molecule has 17 heavy (non-hydrogen) atoms. The Balaban J connectivity index is 2.79. The molecule has 5 heteroatoms. The average molecular weight is 323 g/mol. The highest BCUT2D eigenvalue weighted by Crippen LogP contribution is 2.30. The molecule has 0 saturated heterocycles. The first kappa shape index (κ1) is 14.8. The van der Waals surface area contributed by atoms with Gasteiger partial charge in [-0.25, -0.2) is 0 Å². The Morgan fingerprint density at radius 3 is 2.47 bits per heavy atom. The highest BCUT2D eigenvalue weighted by molar-refractivity contribution is 9.10. The smallest absolute Gasteiger partial charge is 0.0523 e. The summed E-state index contributed by atoms with van der Waals surface area (Å²) in [5.74, 6) is 0. The lowest BCUT2D eigenvalue weighted by Gasteiger charge is -2.25. The number of rotatable bonds is 5. The lowest BCUT2D eigenvalue weighted by molar-refractivity contribution is 0.0806. The fraction of sp³-hybridized carbons (Fsp3) is 0.500. The molecule has 0 amide bonds. The number of nitrogens with one attached hydrogen (secondary N) is 1. The Bertz CT molecular complexity index is 394. The van der Waals surface area contributed by atoms with E-state index in [0.29, 0.717) is 11.6 Å². The normalized spacial score (nSPS) is 11.6. The monoisotopic (exact) mass is 321 g/mol. The number of benzene rings is 1. The maximum absolute atomic E-state index is 9.19. The van der Waals surface area contributed by atoms with Crippen molar-refractivity contribution in [2.24, 2.45) is 5.41 Å². The predicted octanol–water partition coefficient (Wildman–Crippen LogP) is 2.81. The fourth-order valence-electron chi connectivity index (χ4n) is 1.25. The van der Waals surface area contributed by atoms with E-state index in [1.54, 1.807) is 0 Å². The van der Waals surface area contributed by atoms with Gasteiger partial charge in [-0.2, -0.15) is 0 Å². The molecule has 0 aliphatic heterocycles. The van der Waals surface area contributed by atoms with Gasteiger partial charge in [-0.3, -0.25) is 0 Å². The molecule has 0 spiro atoms. The Labute approximate surface area is 115 Å². The molecule has 1 rings (SSSR count). The van der Waals surface area contributed by atoms with Crippen LogP contribution in [0.4, 0.5) is 5.69 Å². The van der Waals surface area contributed by atoms with Crippen molar-refractivity contribution >= 4 is 33.2 Å². The van der Waals surface area contributed by atoms with Crippen LogP contribution < -0.4 is 5.32 Å². The first-order valence-electron chi connectivity index (χ1n) is 5.33. The Morgan fingerprint density at radius 2 is 1.94 bits per heavy atom. The summed E-state index contributed by atoms with van der Waals surface area (Å²) in [6.07, 6.45) is 0. The molecule has 0 unspecified atom stereocenters. The van der Waals surface area contributed by atoms with Gasteiger partial charge in [-0.15, -0.1) is 0 Å². The van der Waals surface area contributed by atoms with E-state index in [1.807, 2.05) is 26.0 Å². The summed E-state index contributed by atoms with van der Waals surface area (Å²) in [5, 5.41) is 22.2. The van der Waals surface area contributed by atoms with Gasteiger partial charge >= 0.3 is 0 Å². The van der Waals surface area contributed by atoms with Crippen molar-refractivity contribution in [1.29, 1.82) is 0 Å². The molecule has 1 aromatic rings. The number of aliphatic hydroxyl groups is 2. The van der Waals surface area contributed by atoms with Gasteiger partial charge in [0.1, 0.15) is 0 Å². The number of anilines is 1. The van der Waals surface area contributed by atoms with Crippen molar-refractivity contribution < 1.29 is 10.2 Å². The molecular formula is C12H17BrClNO2. The van der Waals surface area contributed by atoms with Gasteiger partial charge in [0, 0.05) is 27.1 Å². The van der Waals surface area contributed by atoms with Gasteiger partial charge < -0.3 is 15.5 Å². The summed E-state index contributed by atoms with van der Waals surface area (Å²) >= 11 is 9.49. The minimum atomic E-state index is -0.545. The molecule has 0 heterocycles. The van der Waals surface area contributed by atoms with E-state index < -0.39 is 5.41 Å². The van der Waals surface area contributed by atoms with E-state index in [1.165, 1.54) is 0 Å². The lowest BCUT2D eigenvalue weighted by atomic mass is 9.93. The largest absolute Gasteiger partial charge is 0.396 e. The molecule has 0 fully saturated rings. The van der Waals surface area contributed by atoms with Crippen LogP contribution in [0.25, 0.3) is 0 Å². The second kappa shape index (κ2) is 6.05. The minimum Gasteiger partial charge on any atom is -0.396 e. The fourth-order valence-corrected chi connectivity index (χ4v) is 2.01. The van der Waals surface area contributed by atoms with Crippen LogP contribution in [0, 0.1) is 12.3 Å². The molecule has 0 aliphatic rings. The highest BCUT2D eigenvalue weighted by Gasteiger charge is 2.22. The van der Waals surface area contributed by atoms with Crippen molar-refractivity contribution in [2.45, 2.75) is 13.8 Å².